The lowest BCUT2D eigenvalue weighted by Gasteiger charge is -2.27. The number of aromatic nitrogens is 4. The number of hydrogen-bond donors (Lipinski definition) is 1. The van der Waals surface area contributed by atoms with Crippen LogP contribution in [0.1, 0.15) is 19.8 Å². The summed E-state index contributed by atoms with van der Waals surface area (Å²) in [4.78, 5) is 25.4. The van der Waals surface area contributed by atoms with E-state index < -0.39 is 0 Å². The van der Waals surface area contributed by atoms with E-state index in [-0.39, 0.29) is 17.6 Å². The molecule has 0 spiro atoms. The van der Waals surface area contributed by atoms with Gasteiger partial charge < -0.3 is 9.64 Å². The van der Waals surface area contributed by atoms with Gasteiger partial charge in [0, 0.05) is 0 Å². The molecule has 3 rings (SSSR count). The maximum atomic E-state index is 12.4. The topological polar surface area (TPSA) is 83.4 Å². The molecule has 8 nitrogen and oxygen atoms in total. The average Bonchev–Trinajstić information content (AvgIpc) is 3.19. The van der Waals surface area contributed by atoms with Crippen molar-refractivity contribution in [1.29, 1.82) is 0 Å². The van der Waals surface area contributed by atoms with Gasteiger partial charge in [0.2, 0.25) is 0 Å². The summed E-state index contributed by atoms with van der Waals surface area (Å²) < 4.78 is 7.77. The number of esters is 1. The number of piperidine rings is 1. The number of ether oxygens (including phenoxy) is 1. The number of rotatable bonds is 5. The third-order valence-corrected chi connectivity index (χ3v) is 4.81. The summed E-state index contributed by atoms with van der Waals surface area (Å²) in [6, 6.07) is 3.70. The molecule has 9 heteroatoms. The van der Waals surface area contributed by atoms with Crippen molar-refractivity contribution < 1.29 is 14.4 Å². The zero-order valence-corrected chi connectivity index (χ0v) is 13.8. The molecule has 23 heavy (non-hydrogen) atoms. The predicted octanol–water partition coefficient (Wildman–Crippen LogP) is -0.694. The van der Waals surface area contributed by atoms with Crippen LogP contribution in [0.5, 0.6) is 0 Å². The van der Waals surface area contributed by atoms with E-state index in [2.05, 4.69) is 10.4 Å². The second kappa shape index (κ2) is 7.05. The van der Waals surface area contributed by atoms with E-state index in [0.717, 1.165) is 29.3 Å². The molecule has 124 valence electrons. The van der Waals surface area contributed by atoms with Crippen molar-refractivity contribution in [3.05, 3.63) is 28.0 Å². The van der Waals surface area contributed by atoms with E-state index in [4.69, 9.17) is 4.74 Å². The van der Waals surface area contributed by atoms with Crippen molar-refractivity contribution in [1.82, 2.24) is 19.8 Å². The molecule has 0 aromatic carbocycles. The van der Waals surface area contributed by atoms with Crippen LogP contribution in [-0.4, -0.2) is 45.5 Å². The summed E-state index contributed by atoms with van der Waals surface area (Å²) in [5, 5.41) is 10.5. The zero-order valence-electron chi connectivity index (χ0n) is 13.0. The van der Waals surface area contributed by atoms with Crippen LogP contribution in [0, 0.1) is 5.92 Å². The van der Waals surface area contributed by atoms with Gasteiger partial charge in [-0.3, -0.25) is 4.79 Å². The molecule has 0 aliphatic carbocycles. The zero-order chi connectivity index (χ0) is 16.2. The van der Waals surface area contributed by atoms with Crippen LogP contribution in [0.15, 0.2) is 22.3 Å². The lowest BCUT2D eigenvalue weighted by atomic mass is 9.99. The fourth-order valence-corrected chi connectivity index (χ4v) is 3.54. The third kappa shape index (κ3) is 3.50. The Morgan fingerprint density at radius 1 is 1.52 bits per heavy atom. The highest BCUT2D eigenvalue weighted by Gasteiger charge is 2.30. The van der Waals surface area contributed by atoms with Gasteiger partial charge >= 0.3 is 11.7 Å². The van der Waals surface area contributed by atoms with Crippen LogP contribution >= 0.6 is 11.3 Å². The highest BCUT2D eigenvalue weighted by Crippen LogP contribution is 2.11. The normalized spacial score (nSPS) is 21.3. The molecule has 3 heterocycles. The Bertz CT molecular complexity index is 708. The van der Waals surface area contributed by atoms with Crippen LogP contribution in [0.2, 0.25) is 0 Å². The predicted molar refractivity (Wildman–Crippen MR) is 83.5 cm³/mol. The van der Waals surface area contributed by atoms with Gasteiger partial charge in [0.05, 0.1) is 19.7 Å². The first kappa shape index (κ1) is 15.9. The van der Waals surface area contributed by atoms with Gasteiger partial charge in [-0.1, -0.05) is 0 Å². The van der Waals surface area contributed by atoms with Gasteiger partial charge in [-0.15, -0.1) is 20.7 Å². The highest BCUT2D eigenvalue weighted by molar-refractivity contribution is 7.12. The van der Waals surface area contributed by atoms with Gasteiger partial charge in [-0.2, -0.15) is 0 Å². The van der Waals surface area contributed by atoms with Crippen molar-refractivity contribution in [2.75, 3.05) is 19.7 Å². The maximum Gasteiger partial charge on any atom is 0.374 e. The van der Waals surface area contributed by atoms with Gasteiger partial charge in [-0.25, -0.2) is 4.79 Å². The Labute approximate surface area is 137 Å². The molecule has 0 bridgehead atoms. The van der Waals surface area contributed by atoms with Gasteiger partial charge in [0.25, 0.3) is 0 Å². The molecule has 1 fully saturated rings. The largest absolute Gasteiger partial charge is 0.466 e. The minimum Gasteiger partial charge on any atom is -0.466 e. The van der Waals surface area contributed by atoms with Crippen molar-refractivity contribution in [2.24, 2.45) is 5.92 Å². The van der Waals surface area contributed by atoms with E-state index in [1.807, 2.05) is 24.4 Å². The summed E-state index contributed by atoms with van der Waals surface area (Å²) in [5.41, 5.74) is -0.252. The van der Waals surface area contributed by atoms with Gasteiger partial charge in [0.15, 0.2) is 6.67 Å². The first-order valence-electron chi connectivity index (χ1n) is 7.76. The molecule has 1 aliphatic heterocycles. The van der Waals surface area contributed by atoms with E-state index in [1.165, 1.54) is 20.7 Å². The number of nitrogens with zero attached hydrogens (tertiary/aromatic N) is 4. The Kier molecular flexibility index (Phi) is 4.87. The van der Waals surface area contributed by atoms with E-state index >= 15 is 0 Å². The van der Waals surface area contributed by atoms with Crippen LogP contribution in [0.3, 0.4) is 0 Å². The van der Waals surface area contributed by atoms with Gasteiger partial charge in [0.1, 0.15) is 10.9 Å². The van der Waals surface area contributed by atoms with Crippen LogP contribution in [-0.2, 0) is 16.2 Å². The number of thiophene rings is 1. The molecule has 0 saturated carbocycles. The molecule has 1 aliphatic rings. The molecule has 2 aromatic rings. The van der Waals surface area contributed by atoms with Crippen LogP contribution in [0.4, 0.5) is 0 Å². The summed E-state index contributed by atoms with van der Waals surface area (Å²) >= 11 is 1.44. The Balaban J connectivity index is 1.68. The van der Waals surface area contributed by atoms with Crippen LogP contribution in [0.25, 0.3) is 5.00 Å². The number of carbonyl (C=O) groups is 1. The molecule has 2 aromatic heterocycles. The van der Waals surface area contributed by atoms with Crippen LogP contribution < -0.4 is 10.6 Å². The van der Waals surface area contributed by atoms with Crippen molar-refractivity contribution in [3.63, 3.8) is 0 Å². The summed E-state index contributed by atoms with van der Waals surface area (Å²) in [5.74, 6) is -0.235. The molecule has 1 saturated heterocycles. The number of likely N-dealkylation sites (tertiary alicyclic amines) is 1. The molecule has 1 N–H and O–H groups in total. The maximum absolute atomic E-state index is 12.4. The Hall–Kier alpha value is -2.00. The Morgan fingerprint density at radius 2 is 2.39 bits per heavy atom. The molecule has 2 atom stereocenters. The summed E-state index contributed by atoms with van der Waals surface area (Å²) in [6.07, 6.45) is 1.78. The minimum atomic E-state index is -0.252. The van der Waals surface area contributed by atoms with Gasteiger partial charge in [-0.05, 0) is 47.7 Å². The van der Waals surface area contributed by atoms with Crippen molar-refractivity contribution in [3.8, 4) is 5.00 Å². The van der Waals surface area contributed by atoms with Crippen molar-refractivity contribution >= 4 is 17.3 Å². The second-order valence-electron chi connectivity index (χ2n) is 5.58. The highest BCUT2D eigenvalue weighted by atomic mass is 32.1. The lowest BCUT2D eigenvalue weighted by molar-refractivity contribution is -0.930. The molecule has 0 amide bonds. The SMILES string of the molecule is CCOC(=O)[C@H]1CCC[NH+](Cn2nnn(-c3cccs3)c2=O)C1. The number of nitrogens with one attached hydrogen (secondary N) is 1. The second-order valence-corrected chi connectivity index (χ2v) is 6.50. The Morgan fingerprint density at radius 3 is 3.13 bits per heavy atom. The van der Waals surface area contributed by atoms with E-state index in [1.54, 1.807) is 0 Å². The molecule has 1 unspecified atom stereocenters. The van der Waals surface area contributed by atoms with Crippen molar-refractivity contribution in [2.45, 2.75) is 26.4 Å². The number of quaternary nitrogens is 1. The summed E-state index contributed by atoms with van der Waals surface area (Å²) in [6.45, 7) is 4.21. The minimum absolute atomic E-state index is 0.0956. The first-order valence-corrected chi connectivity index (χ1v) is 8.64. The standard InChI is InChI=1S/C14H19N5O3S/c1-2-22-13(20)11-5-3-7-17(9-11)10-18-14(21)19(16-15-18)12-6-4-8-23-12/h4,6,8,11H,2-3,5,7,9-10H2,1H3/p+1/t11-/m0/s1. The molecule has 0 radical (unpaired) electrons. The lowest BCUT2D eigenvalue weighted by Crippen LogP contribution is -3.13. The van der Waals surface area contributed by atoms with E-state index in [9.17, 15) is 9.59 Å². The number of hydrogen-bond acceptors (Lipinski definition) is 6. The third-order valence-electron chi connectivity index (χ3n) is 3.97. The number of carbonyl (C=O) groups excluding carboxylic acids is 1. The quantitative estimate of drug-likeness (QED) is 0.730. The molecular formula is C14H20N5O3S+. The number of tetrazole rings is 1. The van der Waals surface area contributed by atoms with E-state index in [0.29, 0.717) is 19.8 Å². The monoisotopic (exact) mass is 338 g/mol. The summed E-state index contributed by atoms with van der Waals surface area (Å²) in [7, 11) is 0. The first-order chi connectivity index (χ1) is 11.2. The average molecular weight is 338 g/mol. The molecular weight excluding hydrogens is 318 g/mol. The smallest absolute Gasteiger partial charge is 0.374 e. The fourth-order valence-electron chi connectivity index (χ4n) is 2.87. The fraction of sp³-hybridized carbons (Fsp3) is 0.571.